The van der Waals surface area contributed by atoms with Crippen LogP contribution in [0.25, 0.3) is 0 Å². The van der Waals surface area contributed by atoms with Crippen LogP contribution in [0.2, 0.25) is 0 Å². The molecule has 180 valence electrons. The van der Waals surface area contributed by atoms with Crippen molar-refractivity contribution < 1.29 is 9.53 Å². The molecule has 3 aliphatic rings. The molecule has 0 bridgehead atoms. The molecule has 0 aliphatic carbocycles. The van der Waals surface area contributed by atoms with Crippen LogP contribution in [0, 0.1) is 5.92 Å². The Hall–Kier alpha value is -0.650. The van der Waals surface area contributed by atoms with Gasteiger partial charge in [-0.3, -0.25) is 14.7 Å². The number of hydrogen-bond donors (Lipinski definition) is 1. The van der Waals surface area contributed by atoms with Gasteiger partial charge < -0.3 is 24.8 Å². The van der Waals surface area contributed by atoms with Crippen LogP contribution in [0.4, 0.5) is 0 Å². The second kappa shape index (κ2) is 14.5. The maximum absolute atomic E-state index is 12.4. The summed E-state index contributed by atoms with van der Waals surface area (Å²) in [5.74, 6) is 2.03. The minimum atomic E-state index is 0. The number of hydrogen-bond acceptors (Lipinski definition) is 5. The van der Waals surface area contributed by atoms with Crippen LogP contribution in [0.5, 0.6) is 0 Å². The van der Waals surface area contributed by atoms with Crippen molar-refractivity contribution in [3.8, 4) is 0 Å². The molecule has 3 heterocycles. The first-order valence-electron chi connectivity index (χ1n) is 11.9. The lowest BCUT2D eigenvalue weighted by Gasteiger charge is -2.37. The van der Waals surface area contributed by atoms with Crippen LogP contribution in [0.15, 0.2) is 4.99 Å². The fourth-order valence-corrected chi connectivity index (χ4v) is 4.63. The number of likely N-dealkylation sites (tertiary alicyclic amines) is 2. The Bertz CT molecular complexity index is 542. The third kappa shape index (κ3) is 8.66. The van der Waals surface area contributed by atoms with E-state index < -0.39 is 0 Å². The zero-order valence-corrected chi connectivity index (χ0v) is 21.9. The number of piperidine rings is 1. The van der Waals surface area contributed by atoms with E-state index in [1.165, 1.54) is 12.8 Å². The van der Waals surface area contributed by atoms with Gasteiger partial charge in [0.05, 0.1) is 13.2 Å². The van der Waals surface area contributed by atoms with Crippen LogP contribution >= 0.6 is 24.0 Å². The highest BCUT2D eigenvalue weighted by Crippen LogP contribution is 2.17. The topological polar surface area (TPSA) is 63.7 Å². The van der Waals surface area contributed by atoms with E-state index in [1.807, 2.05) is 4.90 Å². The highest BCUT2D eigenvalue weighted by Gasteiger charge is 2.25. The maximum atomic E-state index is 12.4. The third-order valence-electron chi connectivity index (χ3n) is 6.64. The number of carbonyl (C=O) groups excluding carboxylic acids is 1. The lowest BCUT2D eigenvalue weighted by Crippen LogP contribution is -2.54. The maximum Gasteiger partial charge on any atom is 0.236 e. The van der Waals surface area contributed by atoms with E-state index in [1.54, 1.807) is 7.11 Å². The fourth-order valence-electron chi connectivity index (χ4n) is 4.63. The summed E-state index contributed by atoms with van der Waals surface area (Å²) in [7, 11) is 1.77. The number of carbonyl (C=O) groups is 1. The Kier molecular flexibility index (Phi) is 12.4. The van der Waals surface area contributed by atoms with E-state index in [0.29, 0.717) is 18.4 Å². The Balaban J connectivity index is 0.00000341. The molecule has 1 N–H and O–H groups in total. The summed E-state index contributed by atoms with van der Waals surface area (Å²) in [5, 5.41) is 3.48. The first-order chi connectivity index (χ1) is 14.7. The molecule has 31 heavy (non-hydrogen) atoms. The quantitative estimate of drug-likeness (QED) is 0.278. The molecule has 0 unspecified atom stereocenters. The lowest BCUT2D eigenvalue weighted by atomic mass is 9.97. The summed E-state index contributed by atoms with van der Waals surface area (Å²) < 4.78 is 5.20. The molecular formula is C22H43IN6O2. The number of ether oxygens (including phenoxy) is 1. The van der Waals surface area contributed by atoms with Gasteiger partial charge in [-0.1, -0.05) is 0 Å². The number of guanidine groups is 1. The molecule has 3 rings (SSSR count). The van der Waals surface area contributed by atoms with E-state index in [9.17, 15) is 4.79 Å². The minimum Gasteiger partial charge on any atom is -0.383 e. The number of halogens is 1. The molecule has 3 aliphatic heterocycles. The second-order valence-corrected chi connectivity index (χ2v) is 8.82. The van der Waals surface area contributed by atoms with Gasteiger partial charge in [-0.05, 0) is 51.6 Å². The SMILES string of the molecule is CCNC(=NCC1CCN(CCOC)CC1)N1CCN(CC(=O)N2CCCC2)CC1.I. The van der Waals surface area contributed by atoms with Crippen LogP contribution in [-0.4, -0.2) is 124 Å². The normalized spacial score (nSPS) is 21.9. The summed E-state index contributed by atoms with van der Waals surface area (Å²) >= 11 is 0. The van der Waals surface area contributed by atoms with Gasteiger partial charge in [-0.15, -0.1) is 24.0 Å². The van der Waals surface area contributed by atoms with Crippen molar-refractivity contribution in [1.29, 1.82) is 0 Å². The fraction of sp³-hybridized carbons (Fsp3) is 0.909. The summed E-state index contributed by atoms with van der Waals surface area (Å²) in [6, 6.07) is 0. The van der Waals surface area contributed by atoms with Gasteiger partial charge in [0, 0.05) is 66.0 Å². The number of aliphatic imine (C=N–C) groups is 1. The van der Waals surface area contributed by atoms with Gasteiger partial charge in [0.2, 0.25) is 5.91 Å². The molecule has 0 aromatic carbocycles. The minimum absolute atomic E-state index is 0. The van der Waals surface area contributed by atoms with Gasteiger partial charge >= 0.3 is 0 Å². The molecule has 9 heteroatoms. The molecule has 3 saturated heterocycles. The highest BCUT2D eigenvalue weighted by atomic mass is 127. The average Bonchev–Trinajstić information content (AvgIpc) is 3.32. The highest BCUT2D eigenvalue weighted by molar-refractivity contribution is 14.0. The number of amides is 1. The molecule has 0 saturated carbocycles. The first-order valence-corrected chi connectivity index (χ1v) is 11.9. The molecule has 0 spiro atoms. The molecule has 3 fully saturated rings. The number of rotatable bonds is 8. The van der Waals surface area contributed by atoms with Crippen LogP contribution in [-0.2, 0) is 9.53 Å². The predicted molar refractivity (Wildman–Crippen MR) is 136 cm³/mol. The molecular weight excluding hydrogens is 507 g/mol. The van der Waals surface area contributed by atoms with Crippen molar-refractivity contribution in [3.63, 3.8) is 0 Å². The van der Waals surface area contributed by atoms with Crippen molar-refractivity contribution in [2.75, 3.05) is 92.3 Å². The molecule has 0 atom stereocenters. The summed E-state index contributed by atoms with van der Waals surface area (Å²) in [6.45, 7) is 14.3. The van der Waals surface area contributed by atoms with E-state index in [-0.39, 0.29) is 24.0 Å². The lowest BCUT2D eigenvalue weighted by molar-refractivity contribution is -0.131. The number of methoxy groups -OCH3 is 1. The van der Waals surface area contributed by atoms with Crippen molar-refractivity contribution >= 4 is 35.8 Å². The van der Waals surface area contributed by atoms with Gasteiger partial charge in [-0.25, -0.2) is 0 Å². The van der Waals surface area contributed by atoms with Crippen molar-refractivity contribution in [2.24, 2.45) is 10.9 Å². The van der Waals surface area contributed by atoms with Gasteiger partial charge in [0.25, 0.3) is 0 Å². The van der Waals surface area contributed by atoms with Crippen molar-refractivity contribution in [3.05, 3.63) is 0 Å². The zero-order chi connectivity index (χ0) is 21.2. The summed E-state index contributed by atoms with van der Waals surface area (Å²) in [4.78, 5) is 26.6. The van der Waals surface area contributed by atoms with Crippen LogP contribution < -0.4 is 5.32 Å². The largest absolute Gasteiger partial charge is 0.383 e. The number of nitrogens with zero attached hydrogens (tertiary/aromatic N) is 5. The Morgan fingerprint density at radius 3 is 2.26 bits per heavy atom. The van der Waals surface area contributed by atoms with Gasteiger partial charge in [0.15, 0.2) is 5.96 Å². The van der Waals surface area contributed by atoms with Crippen molar-refractivity contribution in [2.45, 2.75) is 32.6 Å². The third-order valence-corrected chi connectivity index (χ3v) is 6.64. The van der Waals surface area contributed by atoms with Crippen molar-refractivity contribution in [1.82, 2.24) is 24.9 Å². The van der Waals surface area contributed by atoms with Crippen LogP contribution in [0.1, 0.15) is 32.6 Å². The first kappa shape index (κ1) is 26.6. The second-order valence-electron chi connectivity index (χ2n) is 8.82. The Morgan fingerprint density at radius 2 is 1.65 bits per heavy atom. The predicted octanol–water partition coefficient (Wildman–Crippen LogP) is 1.17. The molecule has 1 amide bonds. The molecule has 0 radical (unpaired) electrons. The van der Waals surface area contributed by atoms with Gasteiger partial charge in [-0.2, -0.15) is 0 Å². The number of piperazine rings is 1. The molecule has 8 nitrogen and oxygen atoms in total. The standard InChI is InChI=1S/C22H42N6O2.HI/c1-3-23-22(24-18-20-6-10-25(11-7-20)16-17-30-2)28-14-12-26(13-15-28)19-21(29)27-8-4-5-9-27;/h20H,3-19H2,1-2H3,(H,23,24);1H. The number of nitrogens with one attached hydrogen (secondary N) is 1. The average molecular weight is 551 g/mol. The van der Waals surface area contributed by atoms with E-state index in [2.05, 4.69) is 26.9 Å². The smallest absolute Gasteiger partial charge is 0.236 e. The molecule has 0 aromatic heterocycles. The van der Waals surface area contributed by atoms with Gasteiger partial charge in [0.1, 0.15) is 0 Å². The van der Waals surface area contributed by atoms with E-state index >= 15 is 0 Å². The zero-order valence-electron chi connectivity index (χ0n) is 19.6. The van der Waals surface area contributed by atoms with E-state index in [4.69, 9.17) is 9.73 Å². The summed E-state index contributed by atoms with van der Waals surface area (Å²) in [5.41, 5.74) is 0. The summed E-state index contributed by atoms with van der Waals surface area (Å²) in [6.07, 6.45) is 4.76. The Morgan fingerprint density at radius 1 is 0.968 bits per heavy atom. The van der Waals surface area contributed by atoms with E-state index in [0.717, 1.165) is 97.4 Å². The Labute approximate surface area is 205 Å². The van der Waals surface area contributed by atoms with Crippen LogP contribution in [0.3, 0.4) is 0 Å². The monoisotopic (exact) mass is 550 g/mol. The molecule has 0 aromatic rings.